The zero-order valence-electron chi connectivity index (χ0n) is 5.84. The molecule has 0 aliphatic rings. The standard InChI is InChI=1S/C6H4N2O2S2/c9-12(10,8-5-11)6-3-1-2-4-7-6/h1-4H. The molecule has 1 heterocycles. The van der Waals surface area contributed by atoms with E-state index in [1.807, 2.05) is 0 Å². The van der Waals surface area contributed by atoms with E-state index in [0.29, 0.717) is 0 Å². The number of hydrogen-bond donors (Lipinski definition) is 0. The number of pyridine rings is 1. The lowest BCUT2D eigenvalue weighted by molar-refractivity contribution is 0.594. The van der Waals surface area contributed by atoms with Crippen LogP contribution >= 0.6 is 12.2 Å². The van der Waals surface area contributed by atoms with Gasteiger partial charge in [0.15, 0.2) is 5.03 Å². The summed E-state index contributed by atoms with van der Waals surface area (Å²) in [6, 6.07) is 4.50. The van der Waals surface area contributed by atoms with Gasteiger partial charge in [0.1, 0.15) is 0 Å². The molecule has 1 aromatic heterocycles. The number of sulfonamides is 1. The predicted octanol–water partition coefficient (Wildman–Crippen LogP) is 0.873. The van der Waals surface area contributed by atoms with Crippen LogP contribution in [0.3, 0.4) is 0 Å². The Kier molecular flexibility index (Phi) is 2.65. The summed E-state index contributed by atoms with van der Waals surface area (Å²) in [5, 5.41) is 1.66. The maximum atomic E-state index is 11.1. The molecular weight excluding hydrogens is 196 g/mol. The fourth-order valence-corrected chi connectivity index (χ4v) is 1.53. The SMILES string of the molecule is O=S(=O)(N=C=S)c1ccccn1. The number of nitrogens with zero attached hydrogens (tertiary/aromatic N) is 2. The number of rotatable bonds is 2. The molecule has 6 heteroatoms. The third kappa shape index (κ3) is 1.94. The lowest BCUT2D eigenvalue weighted by Crippen LogP contribution is -1.97. The summed E-state index contributed by atoms with van der Waals surface area (Å²) in [6.45, 7) is 0. The highest BCUT2D eigenvalue weighted by Gasteiger charge is 2.11. The van der Waals surface area contributed by atoms with E-state index in [0.717, 1.165) is 0 Å². The molecule has 12 heavy (non-hydrogen) atoms. The topological polar surface area (TPSA) is 59.4 Å². The van der Waals surface area contributed by atoms with E-state index in [4.69, 9.17) is 0 Å². The van der Waals surface area contributed by atoms with Gasteiger partial charge in [-0.25, -0.2) is 4.98 Å². The first-order chi connectivity index (χ1) is 5.67. The molecule has 0 amide bonds. The average Bonchev–Trinajstić information content (AvgIpc) is 2.06. The van der Waals surface area contributed by atoms with Gasteiger partial charge >= 0.3 is 10.0 Å². The Morgan fingerprint density at radius 3 is 2.75 bits per heavy atom. The van der Waals surface area contributed by atoms with E-state index in [-0.39, 0.29) is 5.03 Å². The van der Waals surface area contributed by atoms with Crippen molar-refractivity contribution in [1.82, 2.24) is 4.98 Å². The summed E-state index contributed by atoms with van der Waals surface area (Å²) in [4.78, 5) is 3.60. The van der Waals surface area contributed by atoms with Gasteiger partial charge in [0.2, 0.25) is 0 Å². The molecule has 4 nitrogen and oxygen atoms in total. The highest BCUT2D eigenvalue weighted by atomic mass is 32.2. The van der Waals surface area contributed by atoms with Crippen molar-refractivity contribution >= 4 is 27.4 Å². The molecule has 62 valence electrons. The molecule has 0 aliphatic heterocycles. The molecule has 0 N–H and O–H groups in total. The van der Waals surface area contributed by atoms with Crippen molar-refractivity contribution in [3.8, 4) is 0 Å². The molecule has 0 fully saturated rings. The van der Waals surface area contributed by atoms with Gasteiger partial charge in [-0.15, -0.1) is 4.40 Å². The molecule has 0 unspecified atom stereocenters. The predicted molar refractivity (Wildman–Crippen MR) is 46.4 cm³/mol. The first kappa shape index (κ1) is 8.99. The highest BCUT2D eigenvalue weighted by Crippen LogP contribution is 2.05. The van der Waals surface area contributed by atoms with Crippen molar-refractivity contribution < 1.29 is 8.42 Å². The summed E-state index contributed by atoms with van der Waals surface area (Å²) in [6.07, 6.45) is 1.37. The number of thiocarbonyl (C=S) groups is 1. The van der Waals surface area contributed by atoms with Gasteiger partial charge in [-0.1, -0.05) is 6.07 Å². The summed E-state index contributed by atoms with van der Waals surface area (Å²) < 4.78 is 25.1. The Hall–Kier alpha value is -1.10. The highest BCUT2D eigenvalue weighted by molar-refractivity contribution is 7.90. The van der Waals surface area contributed by atoms with Crippen LogP contribution in [0.2, 0.25) is 0 Å². The van der Waals surface area contributed by atoms with E-state index >= 15 is 0 Å². The minimum absolute atomic E-state index is 0.123. The molecule has 0 bridgehead atoms. The minimum Gasteiger partial charge on any atom is -0.243 e. The first-order valence-electron chi connectivity index (χ1n) is 2.92. The van der Waals surface area contributed by atoms with Crippen molar-refractivity contribution in [2.24, 2.45) is 4.40 Å². The van der Waals surface area contributed by atoms with Gasteiger partial charge in [-0.2, -0.15) is 8.42 Å². The second kappa shape index (κ2) is 3.53. The van der Waals surface area contributed by atoms with Crippen LogP contribution in [0, 0.1) is 0 Å². The Labute approximate surface area is 75.0 Å². The van der Waals surface area contributed by atoms with E-state index in [1.165, 1.54) is 12.3 Å². The van der Waals surface area contributed by atoms with Crippen LogP contribution in [0.1, 0.15) is 0 Å². The Bertz CT molecular complexity index is 406. The third-order valence-corrected chi connectivity index (χ3v) is 2.37. The van der Waals surface area contributed by atoms with Crippen LogP contribution in [0.25, 0.3) is 0 Å². The van der Waals surface area contributed by atoms with Crippen molar-refractivity contribution in [1.29, 1.82) is 0 Å². The zero-order chi connectivity index (χ0) is 9.03. The molecular formula is C6H4N2O2S2. The molecule has 0 saturated heterocycles. The fraction of sp³-hybridized carbons (Fsp3) is 0. The third-order valence-electron chi connectivity index (χ3n) is 1.06. The summed E-state index contributed by atoms with van der Waals surface area (Å²) in [5.41, 5.74) is 0. The molecule has 0 radical (unpaired) electrons. The second-order valence-corrected chi connectivity index (χ2v) is 3.56. The normalized spacial score (nSPS) is 10.3. The van der Waals surface area contributed by atoms with Crippen LogP contribution in [-0.2, 0) is 10.0 Å². The molecule has 1 rings (SSSR count). The number of isothiocyanates is 1. The Morgan fingerprint density at radius 1 is 1.50 bits per heavy atom. The number of aromatic nitrogens is 1. The van der Waals surface area contributed by atoms with Crippen molar-refractivity contribution in [2.45, 2.75) is 5.03 Å². The van der Waals surface area contributed by atoms with Crippen LogP contribution < -0.4 is 0 Å². The zero-order valence-corrected chi connectivity index (χ0v) is 7.47. The molecule has 0 atom stereocenters. The van der Waals surface area contributed by atoms with Crippen molar-refractivity contribution in [3.05, 3.63) is 24.4 Å². The van der Waals surface area contributed by atoms with E-state index in [2.05, 4.69) is 21.6 Å². The minimum atomic E-state index is -3.71. The first-order valence-corrected chi connectivity index (χ1v) is 4.77. The van der Waals surface area contributed by atoms with Gasteiger partial charge in [0.05, 0.1) is 5.16 Å². The van der Waals surface area contributed by atoms with Gasteiger partial charge in [-0.05, 0) is 24.4 Å². The largest absolute Gasteiger partial charge is 0.308 e. The molecule has 0 aromatic carbocycles. The van der Waals surface area contributed by atoms with Gasteiger partial charge in [0.25, 0.3) is 0 Å². The monoisotopic (exact) mass is 200 g/mol. The fourth-order valence-electron chi connectivity index (χ4n) is 0.596. The number of hydrogen-bond acceptors (Lipinski definition) is 4. The maximum absolute atomic E-state index is 11.1. The van der Waals surface area contributed by atoms with Crippen LogP contribution in [-0.4, -0.2) is 18.6 Å². The van der Waals surface area contributed by atoms with E-state index < -0.39 is 10.0 Å². The lowest BCUT2D eigenvalue weighted by atomic mass is 10.5. The van der Waals surface area contributed by atoms with E-state index in [9.17, 15) is 8.42 Å². The van der Waals surface area contributed by atoms with Gasteiger partial charge in [-0.3, -0.25) is 0 Å². The van der Waals surface area contributed by atoms with Gasteiger partial charge < -0.3 is 0 Å². The quantitative estimate of drug-likeness (QED) is 0.525. The Balaban J connectivity index is 3.25. The van der Waals surface area contributed by atoms with Crippen LogP contribution in [0.15, 0.2) is 33.8 Å². The molecule has 1 aromatic rings. The second-order valence-electron chi connectivity index (χ2n) is 1.83. The molecule has 0 spiro atoms. The smallest absolute Gasteiger partial charge is 0.243 e. The summed E-state index contributed by atoms with van der Waals surface area (Å²) in [7, 11) is -3.71. The summed E-state index contributed by atoms with van der Waals surface area (Å²) in [5.74, 6) is 0. The van der Waals surface area contributed by atoms with Crippen molar-refractivity contribution in [3.63, 3.8) is 0 Å². The summed E-state index contributed by atoms with van der Waals surface area (Å²) >= 11 is 4.18. The lowest BCUT2D eigenvalue weighted by Gasteiger charge is -1.92. The van der Waals surface area contributed by atoms with Crippen LogP contribution in [0.5, 0.6) is 0 Å². The molecule has 0 aliphatic carbocycles. The average molecular weight is 200 g/mol. The maximum Gasteiger partial charge on any atom is 0.308 e. The van der Waals surface area contributed by atoms with Gasteiger partial charge in [0, 0.05) is 6.20 Å². The van der Waals surface area contributed by atoms with Crippen molar-refractivity contribution in [2.75, 3.05) is 0 Å². The van der Waals surface area contributed by atoms with E-state index in [1.54, 1.807) is 17.3 Å². The Morgan fingerprint density at radius 2 is 2.25 bits per heavy atom. The molecule has 0 saturated carbocycles. The van der Waals surface area contributed by atoms with Crippen LogP contribution in [0.4, 0.5) is 0 Å².